The number of hydrogen-bond donors (Lipinski definition) is 2. The van der Waals surface area contributed by atoms with Crippen molar-refractivity contribution in [1.29, 1.82) is 0 Å². The minimum Gasteiger partial charge on any atom is -0.325 e. The second kappa shape index (κ2) is 7.29. The molecule has 0 saturated carbocycles. The maximum atomic E-state index is 12.9. The molecule has 0 spiro atoms. The van der Waals surface area contributed by atoms with Crippen molar-refractivity contribution >= 4 is 17.4 Å². The molecule has 4 rings (SSSR count). The van der Waals surface area contributed by atoms with Crippen LogP contribution in [0.2, 0.25) is 0 Å². The number of rotatable bonds is 3. The lowest BCUT2D eigenvalue weighted by atomic mass is 9.93. The highest BCUT2D eigenvalue weighted by molar-refractivity contribution is 6.06. The van der Waals surface area contributed by atoms with Gasteiger partial charge in [0.25, 0.3) is 11.5 Å². The van der Waals surface area contributed by atoms with E-state index in [0.29, 0.717) is 30.5 Å². The van der Waals surface area contributed by atoms with Gasteiger partial charge in [0.2, 0.25) is 0 Å². The molecule has 2 N–H and O–H groups in total. The van der Waals surface area contributed by atoms with E-state index in [1.54, 1.807) is 0 Å². The number of fused-ring (bicyclic) bond motifs is 1. The van der Waals surface area contributed by atoms with Crippen LogP contribution in [0.5, 0.6) is 0 Å². The first-order valence-electron chi connectivity index (χ1n) is 9.05. The molecule has 7 nitrogen and oxygen atoms in total. The van der Waals surface area contributed by atoms with Gasteiger partial charge in [0.15, 0.2) is 5.78 Å². The van der Waals surface area contributed by atoms with Gasteiger partial charge in [-0.2, -0.15) is 18.3 Å². The third-order valence-corrected chi connectivity index (χ3v) is 4.78. The van der Waals surface area contributed by atoms with Gasteiger partial charge in [0, 0.05) is 17.7 Å². The standard InChI is InChI=1S/C20H15F3N4O3/c21-20(22,23)11-3-1-4-13(7-11)27-10-12(9-24-27)25-18(29)15-8-14-16(26-19(15)30)5-2-6-17(14)28/h1,3-4,7-10H,2,5-6H2,(H,25,29)(H,26,30). The lowest BCUT2D eigenvalue weighted by Crippen LogP contribution is -2.27. The lowest BCUT2D eigenvalue weighted by molar-refractivity contribution is -0.137. The number of ketones is 1. The fraction of sp³-hybridized carbons (Fsp3) is 0.200. The second-order valence-corrected chi connectivity index (χ2v) is 6.86. The fourth-order valence-corrected chi connectivity index (χ4v) is 3.30. The Hall–Kier alpha value is -3.69. The molecule has 2 heterocycles. The number of amides is 1. The smallest absolute Gasteiger partial charge is 0.325 e. The molecule has 0 aliphatic heterocycles. The van der Waals surface area contributed by atoms with E-state index in [-0.39, 0.29) is 22.7 Å². The van der Waals surface area contributed by atoms with Crippen molar-refractivity contribution < 1.29 is 22.8 Å². The van der Waals surface area contributed by atoms with E-state index in [4.69, 9.17) is 0 Å². The molecule has 10 heteroatoms. The number of anilines is 1. The van der Waals surface area contributed by atoms with E-state index in [1.165, 1.54) is 35.3 Å². The molecule has 2 aromatic heterocycles. The fourth-order valence-electron chi connectivity index (χ4n) is 3.30. The molecule has 0 radical (unpaired) electrons. The van der Waals surface area contributed by atoms with Crippen LogP contribution in [-0.2, 0) is 12.6 Å². The zero-order chi connectivity index (χ0) is 21.5. The summed E-state index contributed by atoms with van der Waals surface area (Å²) in [5.41, 5.74) is -0.493. The van der Waals surface area contributed by atoms with E-state index in [1.807, 2.05) is 0 Å². The third kappa shape index (κ3) is 3.76. The summed E-state index contributed by atoms with van der Waals surface area (Å²) in [6.07, 6.45) is -0.375. The van der Waals surface area contributed by atoms with Crippen LogP contribution >= 0.6 is 0 Å². The molecule has 0 atom stereocenters. The van der Waals surface area contributed by atoms with Gasteiger partial charge in [-0.25, -0.2) is 4.68 Å². The zero-order valence-corrected chi connectivity index (χ0v) is 15.4. The van der Waals surface area contributed by atoms with Gasteiger partial charge in [-0.3, -0.25) is 14.4 Å². The van der Waals surface area contributed by atoms with Gasteiger partial charge in [-0.1, -0.05) is 6.07 Å². The Kier molecular flexibility index (Phi) is 4.76. The molecule has 1 aliphatic rings. The predicted molar refractivity (Wildman–Crippen MR) is 101 cm³/mol. The third-order valence-electron chi connectivity index (χ3n) is 4.78. The number of H-pyrrole nitrogens is 1. The number of carbonyl (C=O) groups excluding carboxylic acids is 2. The number of alkyl halides is 3. The molecule has 3 aromatic rings. The van der Waals surface area contributed by atoms with Crippen molar-refractivity contribution in [3.63, 3.8) is 0 Å². The molecule has 0 fully saturated rings. The molecular weight excluding hydrogens is 401 g/mol. The Labute approximate surface area is 167 Å². The normalized spacial score (nSPS) is 13.8. The summed E-state index contributed by atoms with van der Waals surface area (Å²) in [6, 6.07) is 5.84. The number of Topliss-reactive ketones (excluding diaryl/α,β-unsaturated/α-hetero) is 1. The minimum absolute atomic E-state index is 0.140. The monoisotopic (exact) mass is 416 g/mol. The van der Waals surface area contributed by atoms with Crippen LogP contribution in [-0.4, -0.2) is 26.5 Å². The minimum atomic E-state index is -4.49. The van der Waals surface area contributed by atoms with Crippen molar-refractivity contribution in [1.82, 2.24) is 14.8 Å². The predicted octanol–water partition coefficient (Wildman–Crippen LogP) is 3.35. The highest BCUT2D eigenvalue weighted by Gasteiger charge is 2.30. The molecule has 1 aromatic carbocycles. The van der Waals surface area contributed by atoms with E-state index in [9.17, 15) is 27.6 Å². The lowest BCUT2D eigenvalue weighted by Gasteiger charge is -2.14. The molecule has 1 amide bonds. The number of aromatic amines is 1. The summed E-state index contributed by atoms with van der Waals surface area (Å²) < 4.78 is 39.8. The van der Waals surface area contributed by atoms with Crippen LogP contribution in [0.4, 0.5) is 18.9 Å². The van der Waals surface area contributed by atoms with Crippen molar-refractivity contribution in [3.8, 4) is 5.69 Å². The summed E-state index contributed by atoms with van der Waals surface area (Å²) in [7, 11) is 0. The quantitative estimate of drug-likeness (QED) is 0.684. The van der Waals surface area contributed by atoms with Crippen LogP contribution in [0.15, 0.2) is 47.5 Å². The van der Waals surface area contributed by atoms with Gasteiger partial charge in [-0.05, 0) is 37.1 Å². The van der Waals surface area contributed by atoms with Crippen LogP contribution in [0.25, 0.3) is 5.69 Å². The summed E-state index contributed by atoms with van der Waals surface area (Å²) in [6.45, 7) is 0. The number of aryl methyl sites for hydroxylation is 1. The summed E-state index contributed by atoms with van der Waals surface area (Å²) in [4.78, 5) is 39.4. The van der Waals surface area contributed by atoms with E-state index >= 15 is 0 Å². The van der Waals surface area contributed by atoms with Gasteiger partial charge in [0.1, 0.15) is 5.56 Å². The number of nitrogens with zero attached hydrogens (tertiary/aromatic N) is 2. The average Bonchev–Trinajstić information content (AvgIpc) is 3.15. The number of nitrogens with one attached hydrogen (secondary N) is 2. The topological polar surface area (TPSA) is 96.8 Å². The first-order chi connectivity index (χ1) is 14.2. The Morgan fingerprint density at radius 2 is 1.97 bits per heavy atom. The van der Waals surface area contributed by atoms with Crippen molar-refractivity contribution in [2.24, 2.45) is 0 Å². The van der Waals surface area contributed by atoms with Crippen LogP contribution in [0, 0.1) is 0 Å². The number of pyridine rings is 1. The average molecular weight is 416 g/mol. The summed E-state index contributed by atoms with van der Waals surface area (Å²) in [5.74, 6) is -0.889. The first-order valence-corrected chi connectivity index (χ1v) is 9.05. The molecule has 0 unspecified atom stereocenters. The maximum Gasteiger partial charge on any atom is 0.416 e. The van der Waals surface area contributed by atoms with Crippen LogP contribution in [0.3, 0.4) is 0 Å². The molecule has 0 bridgehead atoms. The Bertz CT molecular complexity index is 1210. The van der Waals surface area contributed by atoms with Crippen molar-refractivity contribution in [2.45, 2.75) is 25.4 Å². The Balaban J connectivity index is 1.58. The molecule has 0 saturated heterocycles. The largest absolute Gasteiger partial charge is 0.416 e. The van der Waals surface area contributed by atoms with Crippen LogP contribution in [0.1, 0.15) is 44.8 Å². The number of hydrogen-bond acceptors (Lipinski definition) is 4. The van der Waals surface area contributed by atoms with Crippen molar-refractivity contribution in [3.05, 3.63) is 75.5 Å². The van der Waals surface area contributed by atoms with Gasteiger partial charge in [0.05, 0.1) is 29.3 Å². The molecule has 1 aliphatic carbocycles. The first kappa shape index (κ1) is 19.6. The van der Waals surface area contributed by atoms with E-state index in [2.05, 4.69) is 15.4 Å². The molecule has 30 heavy (non-hydrogen) atoms. The molecular formula is C20H15F3N4O3. The highest BCUT2D eigenvalue weighted by Crippen LogP contribution is 2.30. The summed E-state index contributed by atoms with van der Waals surface area (Å²) >= 11 is 0. The SMILES string of the molecule is O=C1CCCc2[nH]c(=O)c(C(=O)Nc3cnn(-c4cccc(C(F)(F)F)c4)c3)cc21. The maximum absolute atomic E-state index is 12.9. The Morgan fingerprint density at radius 3 is 2.73 bits per heavy atom. The van der Waals surface area contributed by atoms with Gasteiger partial charge >= 0.3 is 6.18 Å². The number of aromatic nitrogens is 3. The summed E-state index contributed by atoms with van der Waals surface area (Å²) in [5, 5.41) is 6.44. The van der Waals surface area contributed by atoms with Crippen molar-refractivity contribution in [2.75, 3.05) is 5.32 Å². The number of benzene rings is 1. The van der Waals surface area contributed by atoms with Crippen LogP contribution < -0.4 is 10.9 Å². The zero-order valence-electron chi connectivity index (χ0n) is 15.4. The number of halogens is 3. The second-order valence-electron chi connectivity index (χ2n) is 6.86. The number of carbonyl (C=O) groups is 2. The van der Waals surface area contributed by atoms with Gasteiger partial charge in [-0.15, -0.1) is 0 Å². The highest BCUT2D eigenvalue weighted by atomic mass is 19.4. The van der Waals surface area contributed by atoms with Gasteiger partial charge < -0.3 is 10.3 Å². The van der Waals surface area contributed by atoms with E-state index in [0.717, 1.165) is 12.1 Å². The van der Waals surface area contributed by atoms with E-state index < -0.39 is 23.2 Å². The molecule has 154 valence electrons. The Morgan fingerprint density at radius 1 is 1.17 bits per heavy atom.